The van der Waals surface area contributed by atoms with Crippen LogP contribution in [0.4, 0.5) is 5.69 Å². The van der Waals surface area contributed by atoms with Crippen LogP contribution < -0.4 is 10.1 Å². The van der Waals surface area contributed by atoms with Gasteiger partial charge in [0.2, 0.25) is 0 Å². The molecule has 0 spiro atoms. The Labute approximate surface area is 121 Å². The van der Waals surface area contributed by atoms with Gasteiger partial charge in [0, 0.05) is 0 Å². The summed E-state index contributed by atoms with van der Waals surface area (Å²) in [5.74, 6) is 0.903. The quantitative estimate of drug-likeness (QED) is 0.728. The molecule has 20 heavy (non-hydrogen) atoms. The van der Waals surface area contributed by atoms with E-state index in [1.54, 1.807) is 11.3 Å². The molecule has 1 aliphatic heterocycles. The van der Waals surface area contributed by atoms with Gasteiger partial charge >= 0.3 is 0 Å². The molecule has 0 radical (unpaired) electrons. The Balaban J connectivity index is 1.72. The maximum Gasteiger partial charge on any atom is 0.167 e. The van der Waals surface area contributed by atoms with Gasteiger partial charge in [0.15, 0.2) is 6.10 Å². The number of fused-ring (bicyclic) bond motifs is 2. The number of rotatable bonds is 1. The zero-order valence-electron chi connectivity index (χ0n) is 11.1. The topological polar surface area (TPSA) is 34.1 Å². The molecule has 0 aliphatic carbocycles. The van der Waals surface area contributed by atoms with Crippen LogP contribution in [-0.4, -0.2) is 11.5 Å². The molecule has 0 saturated heterocycles. The third-order valence-corrected chi connectivity index (χ3v) is 4.66. The first-order valence-electron chi connectivity index (χ1n) is 6.67. The second kappa shape index (κ2) is 4.49. The second-order valence-electron chi connectivity index (χ2n) is 4.96. The lowest BCUT2D eigenvalue weighted by atomic mass is 10.2. The summed E-state index contributed by atoms with van der Waals surface area (Å²) in [7, 11) is 0. The summed E-state index contributed by atoms with van der Waals surface area (Å²) < 4.78 is 7.30. The number of thiazole rings is 1. The molecule has 0 bridgehead atoms. The number of para-hydroxylation sites is 3. The molecule has 1 unspecified atom stereocenters. The number of ether oxygens (including phenoxy) is 1. The molecule has 0 amide bonds. The highest BCUT2D eigenvalue weighted by Crippen LogP contribution is 2.36. The van der Waals surface area contributed by atoms with Gasteiger partial charge in [-0.1, -0.05) is 24.3 Å². The number of nitrogens with one attached hydrogen (secondary N) is 1. The average molecular weight is 282 g/mol. The predicted molar refractivity (Wildman–Crippen MR) is 82.7 cm³/mol. The van der Waals surface area contributed by atoms with Crippen molar-refractivity contribution >= 4 is 27.2 Å². The molecule has 2 aromatic carbocycles. The number of hydrogen-bond acceptors (Lipinski definition) is 4. The van der Waals surface area contributed by atoms with Gasteiger partial charge < -0.3 is 10.1 Å². The zero-order chi connectivity index (χ0) is 13.5. The Bertz CT molecular complexity index is 781. The minimum atomic E-state index is -0.0123. The zero-order valence-corrected chi connectivity index (χ0v) is 11.9. The summed E-state index contributed by atoms with van der Waals surface area (Å²) in [6, 6.07) is 14.3. The van der Waals surface area contributed by atoms with Gasteiger partial charge in [0.05, 0.1) is 22.4 Å². The number of benzene rings is 2. The number of aryl methyl sites for hydroxylation is 1. The van der Waals surface area contributed by atoms with E-state index in [9.17, 15) is 0 Å². The van der Waals surface area contributed by atoms with E-state index in [2.05, 4.69) is 30.4 Å². The molecular formula is C16H14N2OS. The Morgan fingerprint density at radius 1 is 1.20 bits per heavy atom. The van der Waals surface area contributed by atoms with E-state index in [1.165, 1.54) is 10.3 Å². The lowest BCUT2D eigenvalue weighted by Crippen LogP contribution is -2.23. The van der Waals surface area contributed by atoms with Crippen molar-refractivity contribution in [3.8, 4) is 5.75 Å². The third kappa shape index (κ3) is 1.84. The smallest absolute Gasteiger partial charge is 0.167 e. The minimum absolute atomic E-state index is 0.0123. The highest BCUT2D eigenvalue weighted by molar-refractivity contribution is 7.18. The number of hydrogen-bond donors (Lipinski definition) is 1. The minimum Gasteiger partial charge on any atom is -0.479 e. The van der Waals surface area contributed by atoms with Crippen LogP contribution in [-0.2, 0) is 0 Å². The van der Waals surface area contributed by atoms with Crippen LogP contribution in [0.1, 0.15) is 16.7 Å². The Hall–Kier alpha value is -2.07. The van der Waals surface area contributed by atoms with Crippen molar-refractivity contribution in [3.63, 3.8) is 0 Å². The maximum atomic E-state index is 6.07. The highest BCUT2D eigenvalue weighted by Gasteiger charge is 2.23. The van der Waals surface area contributed by atoms with E-state index in [1.807, 2.05) is 24.3 Å². The standard InChI is InChI=1S/C16H14N2OS/c1-10-5-4-8-14-15(10)18-16(20-14)13-9-17-11-6-2-3-7-12(11)19-13/h2-8,13,17H,9H2,1H3. The molecule has 4 heteroatoms. The van der Waals surface area contributed by atoms with Crippen LogP contribution >= 0.6 is 11.3 Å². The van der Waals surface area contributed by atoms with Crippen molar-refractivity contribution in [2.75, 3.05) is 11.9 Å². The predicted octanol–water partition coefficient (Wildman–Crippen LogP) is 4.15. The number of anilines is 1. The second-order valence-corrected chi connectivity index (χ2v) is 6.02. The van der Waals surface area contributed by atoms with Gasteiger partial charge in [-0.3, -0.25) is 0 Å². The third-order valence-electron chi connectivity index (χ3n) is 3.55. The molecule has 0 fully saturated rings. The molecule has 3 aromatic rings. The van der Waals surface area contributed by atoms with Gasteiger partial charge in [0.1, 0.15) is 10.8 Å². The molecule has 1 N–H and O–H groups in total. The molecule has 1 atom stereocenters. The van der Waals surface area contributed by atoms with Crippen LogP contribution in [0.2, 0.25) is 0 Å². The summed E-state index contributed by atoms with van der Waals surface area (Å²) in [5, 5.41) is 4.45. The van der Waals surface area contributed by atoms with Crippen LogP contribution in [0.15, 0.2) is 42.5 Å². The van der Waals surface area contributed by atoms with E-state index in [4.69, 9.17) is 9.72 Å². The van der Waals surface area contributed by atoms with Gasteiger partial charge in [-0.25, -0.2) is 4.98 Å². The Morgan fingerprint density at radius 2 is 2.10 bits per heavy atom. The average Bonchev–Trinajstić information content (AvgIpc) is 2.92. The van der Waals surface area contributed by atoms with Crippen molar-refractivity contribution < 1.29 is 4.74 Å². The van der Waals surface area contributed by atoms with Crippen LogP contribution in [0, 0.1) is 6.92 Å². The van der Waals surface area contributed by atoms with Crippen molar-refractivity contribution in [3.05, 3.63) is 53.0 Å². The molecule has 100 valence electrons. The molecular weight excluding hydrogens is 268 g/mol. The summed E-state index contributed by atoms with van der Waals surface area (Å²) in [4.78, 5) is 4.76. The van der Waals surface area contributed by atoms with Crippen molar-refractivity contribution in [2.45, 2.75) is 13.0 Å². The molecule has 1 aliphatic rings. The van der Waals surface area contributed by atoms with Gasteiger partial charge in [-0.05, 0) is 30.7 Å². The van der Waals surface area contributed by atoms with Crippen LogP contribution in [0.5, 0.6) is 5.75 Å². The first-order chi connectivity index (χ1) is 9.81. The van der Waals surface area contributed by atoms with Crippen molar-refractivity contribution in [2.24, 2.45) is 0 Å². The van der Waals surface area contributed by atoms with Crippen LogP contribution in [0.3, 0.4) is 0 Å². The van der Waals surface area contributed by atoms with Gasteiger partial charge in [0.25, 0.3) is 0 Å². The monoisotopic (exact) mass is 282 g/mol. The fourth-order valence-electron chi connectivity index (χ4n) is 2.49. The molecule has 2 heterocycles. The van der Waals surface area contributed by atoms with Gasteiger partial charge in [-0.2, -0.15) is 0 Å². The van der Waals surface area contributed by atoms with Crippen molar-refractivity contribution in [1.82, 2.24) is 4.98 Å². The van der Waals surface area contributed by atoms with E-state index < -0.39 is 0 Å². The normalized spacial score (nSPS) is 17.4. The molecule has 4 rings (SSSR count). The summed E-state index contributed by atoms with van der Waals surface area (Å²) >= 11 is 1.72. The summed E-state index contributed by atoms with van der Waals surface area (Å²) in [5.41, 5.74) is 3.37. The summed E-state index contributed by atoms with van der Waals surface area (Å²) in [6.07, 6.45) is -0.0123. The maximum absolute atomic E-state index is 6.07. The van der Waals surface area contributed by atoms with E-state index in [0.717, 1.165) is 28.5 Å². The first kappa shape index (κ1) is 11.7. The Kier molecular flexibility index (Phi) is 2.63. The van der Waals surface area contributed by atoms with E-state index in [0.29, 0.717) is 0 Å². The number of nitrogens with zero attached hydrogens (tertiary/aromatic N) is 1. The Morgan fingerprint density at radius 3 is 3.00 bits per heavy atom. The fourth-order valence-corrected chi connectivity index (χ4v) is 3.57. The first-order valence-corrected chi connectivity index (χ1v) is 7.48. The highest BCUT2D eigenvalue weighted by atomic mass is 32.1. The lowest BCUT2D eigenvalue weighted by Gasteiger charge is -2.25. The van der Waals surface area contributed by atoms with Gasteiger partial charge in [-0.15, -0.1) is 11.3 Å². The van der Waals surface area contributed by atoms with Crippen molar-refractivity contribution in [1.29, 1.82) is 0 Å². The summed E-state index contributed by atoms with van der Waals surface area (Å²) in [6.45, 7) is 2.86. The molecule has 1 aromatic heterocycles. The fraction of sp³-hybridized carbons (Fsp3) is 0.188. The lowest BCUT2D eigenvalue weighted by molar-refractivity contribution is 0.210. The largest absolute Gasteiger partial charge is 0.479 e. The van der Waals surface area contributed by atoms with E-state index >= 15 is 0 Å². The van der Waals surface area contributed by atoms with Crippen LogP contribution in [0.25, 0.3) is 10.2 Å². The number of aromatic nitrogens is 1. The molecule has 0 saturated carbocycles. The van der Waals surface area contributed by atoms with E-state index in [-0.39, 0.29) is 6.10 Å². The molecule has 3 nitrogen and oxygen atoms in total. The SMILES string of the molecule is Cc1cccc2sc(C3CNc4ccccc4O3)nc12.